The van der Waals surface area contributed by atoms with Crippen LogP contribution in [0.5, 0.6) is 0 Å². The predicted octanol–water partition coefficient (Wildman–Crippen LogP) is 2.17. The Balaban J connectivity index is 2.38. The second-order valence-corrected chi connectivity index (χ2v) is 8.21. The highest BCUT2D eigenvalue weighted by Gasteiger charge is 2.15. The van der Waals surface area contributed by atoms with Crippen LogP contribution in [0.1, 0.15) is 11.1 Å². The predicted molar refractivity (Wildman–Crippen MR) is 104 cm³/mol. The smallest absolute Gasteiger partial charge is 0.282 e. The number of rotatable bonds is 6. The molecular formula is C17H12N4O6S2. The third kappa shape index (κ3) is 5.97. The largest absolute Gasteiger partial charge is 0.295 e. The van der Waals surface area contributed by atoms with Gasteiger partial charge in [-0.2, -0.15) is 32.5 Å². The molecule has 2 aromatic rings. The fraction of sp³-hybridized carbons (Fsp3) is 0. The van der Waals surface area contributed by atoms with Crippen molar-refractivity contribution in [3.8, 4) is 12.1 Å². The van der Waals surface area contributed by atoms with E-state index < -0.39 is 30.8 Å². The molecule has 12 heteroatoms. The zero-order valence-electron chi connectivity index (χ0n) is 14.4. The molecule has 0 bridgehead atoms. The standard InChI is InChI=1S/C17H12N4O6S2/c18-10-15(11-19)21-20-14-6-5-13(17(9-14)29(25,26)27)4-1-12-2-7-16(8-3-12)28(22,23)24/h1-9,20H,(H,22,23,24)(H,25,26,27). The molecular weight excluding hydrogens is 420 g/mol. The van der Waals surface area contributed by atoms with Crippen molar-refractivity contribution in [3.63, 3.8) is 0 Å². The number of benzene rings is 2. The summed E-state index contributed by atoms with van der Waals surface area (Å²) in [6, 6.07) is 12.0. The van der Waals surface area contributed by atoms with Crippen LogP contribution in [0.3, 0.4) is 0 Å². The Kier molecular flexibility index (Phi) is 6.48. The maximum Gasteiger partial charge on any atom is 0.295 e. The molecule has 0 atom stereocenters. The van der Waals surface area contributed by atoms with Crippen molar-refractivity contribution in [2.24, 2.45) is 5.10 Å². The van der Waals surface area contributed by atoms with Gasteiger partial charge in [-0.3, -0.25) is 14.5 Å². The van der Waals surface area contributed by atoms with E-state index in [1.54, 1.807) is 0 Å². The summed E-state index contributed by atoms with van der Waals surface area (Å²) in [7, 11) is -8.95. The van der Waals surface area contributed by atoms with E-state index in [2.05, 4.69) is 10.5 Å². The topological polar surface area (TPSA) is 181 Å². The van der Waals surface area contributed by atoms with E-state index in [4.69, 9.17) is 15.1 Å². The maximum absolute atomic E-state index is 11.7. The maximum atomic E-state index is 11.7. The zero-order valence-corrected chi connectivity index (χ0v) is 16.0. The quantitative estimate of drug-likeness (QED) is 0.267. The van der Waals surface area contributed by atoms with Gasteiger partial charge in [-0.05, 0) is 35.4 Å². The molecule has 0 saturated heterocycles. The van der Waals surface area contributed by atoms with Gasteiger partial charge >= 0.3 is 0 Å². The summed E-state index contributed by atoms with van der Waals surface area (Å²) in [6.07, 6.45) is 2.83. The van der Waals surface area contributed by atoms with Gasteiger partial charge in [0.15, 0.2) is 0 Å². The highest BCUT2D eigenvalue weighted by atomic mass is 32.2. The Labute approximate surface area is 166 Å². The van der Waals surface area contributed by atoms with Crippen LogP contribution in [0.2, 0.25) is 0 Å². The average molecular weight is 432 g/mol. The van der Waals surface area contributed by atoms with E-state index in [-0.39, 0.29) is 16.1 Å². The van der Waals surface area contributed by atoms with E-state index in [1.807, 2.05) is 0 Å². The Morgan fingerprint density at radius 3 is 2.07 bits per heavy atom. The highest BCUT2D eigenvalue weighted by molar-refractivity contribution is 7.86. The van der Waals surface area contributed by atoms with Crippen molar-refractivity contribution in [2.45, 2.75) is 9.79 Å². The molecule has 148 valence electrons. The number of hydrazone groups is 1. The molecule has 0 heterocycles. The van der Waals surface area contributed by atoms with Gasteiger partial charge in [0.1, 0.15) is 17.0 Å². The van der Waals surface area contributed by atoms with Gasteiger partial charge in [-0.25, -0.2) is 0 Å². The van der Waals surface area contributed by atoms with Crippen molar-refractivity contribution < 1.29 is 25.9 Å². The minimum Gasteiger partial charge on any atom is -0.282 e. The second-order valence-electron chi connectivity index (χ2n) is 5.40. The summed E-state index contributed by atoms with van der Waals surface area (Å²) >= 11 is 0. The first kappa shape index (κ1) is 21.7. The van der Waals surface area contributed by atoms with E-state index in [9.17, 15) is 21.4 Å². The van der Waals surface area contributed by atoms with Crippen LogP contribution in [0.15, 0.2) is 57.4 Å². The first-order valence-electron chi connectivity index (χ1n) is 7.55. The summed E-state index contributed by atoms with van der Waals surface area (Å²) in [4.78, 5) is -0.752. The molecule has 10 nitrogen and oxygen atoms in total. The van der Waals surface area contributed by atoms with Crippen LogP contribution in [0.4, 0.5) is 5.69 Å². The molecule has 0 aliphatic carbocycles. The summed E-state index contributed by atoms with van der Waals surface area (Å²) < 4.78 is 63.9. The van der Waals surface area contributed by atoms with Crippen molar-refractivity contribution >= 4 is 43.8 Å². The first-order chi connectivity index (χ1) is 13.5. The van der Waals surface area contributed by atoms with E-state index in [0.29, 0.717) is 5.56 Å². The summed E-state index contributed by atoms with van der Waals surface area (Å²) in [6.45, 7) is 0. The van der Waals surface area contributed by atoms with Gasteiger partial charge in [0.05, 0.1) is 10.6 Å². The van der Waals surface area contributed by atoms with Gasteiger partial charge in [0, 0.05) is 0 Å². The Morgan fingerprint density at radius 1 is 0.931 bits per heavy atom. The van der Waals surface area contributed by atoms with Crippen LogP contribution in [0, 0.1) is 22.7 Å². The van der Waals surface area contributed by atoms with Crippen LogP contribution in [0.25, 0.3) is 12.2 Å². The fourth-order valence-corrected chi connectivity index (χ4v) is 3.29. The first-order valence-corrected chi connectivity index (χ1v) is 10.4. The van der Waals surface area contributed by atoms with Gasteiger partial charge in [0.25, 0.3) is 20.2 Å². The number of anilines is 1. The minimum absolute atomic E-state index is 0.107. The lowest BCUT2D eigenvalue weighted by Gasteiger charge is -2.07. The van der Waals surface area contributed by atoms with Gasteiger partial charge in [0.2, 0.25) is 5.71 Å². The summed E-state index contributed by atoms with van der Waals surface area (Å²) in [5.74, 6) is 0. The van der Waals surface area contributed by atoms with Crippen LogP contribution in [-0.4, -0.2) is 31.7 Å². The van der Waals surface area contributed by atoms with Crippen molar-refractivity contribution in [1.29, 1.82) is 10.5 Å². The summed E-state index contributed by atoms with van der Waals surface area (Å²) in [5.41, 5.74) is 2.58. The molecule has 0 aliphatic heterocycles. The third-order valence-corrected chi connectivity index (χ3v) is 5.21. The number of hydrogen-bond acceptors (Lipinski definition) is 8. The monoisotopic (exact) mass is 432 g/mol. The Hall–Kier alpha value is -3.55. The molecule has 0 spiro atoms. The van der Waals surface area contributed by atoms with Crippen LogP contribution in [-0.2, 0) is 20.2 Å². The summed E-state index contributed by atoms with van der Waals surface area (Å²) in [5, 5.41) is 20.8. The van der Waals surface area contributed by atoms with Gasteiger partial charge in [-0.1, -0.05) is 30.4 Å². The Bertz CT molecular complexity index is 1270. The SMILES string of the molecule is N#CC(C#N)=NNc1ccc(C=Cc2ccc(S(=O)(=O)O)cc2)c(S(=O)(=O)O)c1. The molecule has 0 fully saturated rings. The second kappa shape index (κ2) is 8.64. The van der Waals surface area contributed by atoms with Crippen molar-refractivity contribution in [2.75, 3.05) is 5.43 Å². The van der Waals surface area contributed by atoms with E-state index in [0.717, 1.165) is 6.07 Å². The van der Waals surface area contributed by atoms with Crippen LogP contribution < -0.4 is 5.43 Å². The fourth-order valence-electron chi connectivity index (χ4n) is 2.10. The lowest BCUT2D eigenvalue weighted by molar-refractivity contribution is 0.481. The van der Waals surface area contributed by atoms with Gasteiger partial charge in [-0.15, -0.1) is 0 Å². The molecule has 2 rings (SSSR count). The number of nitrogens with zero attached hydrogens (tertiary/aromatic N) is 3. The lowest BCUT2D eigenvalue weighted by atomic mass is 10.1. The zero-order chi connectivity index (χ0) is 21.7. The molecule has 0 saturated carbocycles. The Morgan fingerprint density at radius 2 is 1.55 bits per heavy atom. The van der Waals surface area contributed by atoms with Crippen LogP contribution >= 0.6 is 0 Å². The third-order valence-electron chi connectivity index (χ3n) is 3.43. The van der Waals surface area contributed by atoms with Crippen molar-refractivity contribution in [3.05, 3.63) is 53.6 Å². The number of hydrogen-bond donors (Lipinski definition) is 3. The molecule has 0 radical (unpaired) electrons. The molecule has 3 N–H and O–H groups in total. The molecule has 0 amide bonds. The lowest BCUT2D eigenvalue weighted by Crippen LogP contribution is -2.03. The minimum atomic E-state index is -4.62. The molecule has 0 unspecified atom stereocenters. The van der Waals surface area contributed by atoms with E-state index in [1.165, 1.54) is 60.7 Å². The molecule has 29 heavy (non-hydrogen) atoms. The van der Waals surface area contributed by atoms with Gasteiger partial charge < -0.3 is 0 Å². The highest BCUT2D eigenvalue weighted by Crippen LogP contribution is 2.23. The molecule has 2 aromatic carbocycles. The normalized spacial score (nSPS) is 11.4. The molecule has 0 aliphatic rings. The van der Waals surface area contributed by atoms with Crippen molar-refractivity contribution in [1.82, 2.24) is 0 Å². The number of nitriles is 2. The molecule has 0 aromatic heterocycles. The van der Waals surface area contributed by atoms with E-state index >= 15 is 0 Å². The average Bonchev–Trinajstić information content (AvgIpc) is 2.66. The number of nitrogens with one attached hydrogen (secondary N) is 1.